The third-order valence-electron chi connectivity index (χ3n) is 13.7. The quantitative estimate of drug-likeness (QED) is 0.177. The molecule has 1 aliphatic heterocycles. The Morgan fingerprint density at radius 1 is 0.333 bits per heavy atom. The van der Waals surface area contributed by atoms with Crippen molar-refractivity contribution < 1.29 is 4.74 Å². The van der Waals surface area contributed by atoms with E-state index < -0.39 is 0 Å². The Kier molecular flexibility index (Phi) is 7.36. The Hall–Kier alpha value is -7.16. The van der Waals surface area contributed by atoms with Crippen molar-refractivity contribution in [2.75, 3.05) is 4.90 Å². The van der Waals surface area contributed by atoms with Gasteiger partial charge in [0.05, 0.1) is 0 Å². The number of fused-ring (bicyclic) bond motifs is 12. The summed E-state index contributed by atoms with van der Waals surface area (Å²) in [6.45, 7) is 9.44. The lowest BCUT2D eigenvalue weighted by atomic mass is 9.82. The zero-order valence-electron chi connectivity index (χ0n) is 34.3. The lowest BCUT2D eigenvalue weighted by molar-refractivity contribution is 0.489. The minimum atomic E-state index is -0.143. The van der Waals surface area contributed by atoms with Crippen LogP contribution >= 0.6 is 0 Å². The van der Waals surface area contributed by atoms with E-state index in [0.717, 1.165) is 50.8 Å². The van der Waals surface area contributed by atoms with Crippen LogP contribution in [0, 0.1) is 0 Å². The van der Waals surface area contributed by atoms with E-state index in [4.69, 9.17) is 4.74 Å². The smallest absolute Gasteiger partial charge is 0.143 e. The van der Waals surface area contributed by atoms with E-state index in [2.05, 4.69) is 221 Å². The summed E-state index contributed by atoms with van der Waals surface area (Å²) in [5.74, 6) is 1.70. The Bertz CT molecular complexity index is 3140. The second-order valence-corrected chi connectivity index (χ2v) is 17.7. The lowest BCUT2D eigenvalue weighted by Gasteiger charge is -2.30. The van der Waals surface area contributed by atoms with Crippen molar-refractivity contribution in [3.05, 3.63) is 210 Å². The van der Waals surface area contributed by atoms with E-state index >= 15 is 0 Å². The second-order valence-electron chi connectivity index (χ2n) is 17.7. The van der Waals surface area contributed by atoms with Gasteiger partial charge in [-0.25, -0.2) is 0 Å². The molecule has 0 spiro atoms. The predicted molar refractivity (Wildman–Crippen MR) is 250 cm³/mol. The first-order valence-electron chi connectivity index (χ1n) is 21.1. The molecule has 0 radical (unpaired) electrons. The Labute approximate surface area is 352 Å². The van der Waals surface area contributed by atoms with Crippen LogP contribution in [0.15, 0.2) is 188 Å². The third kappa shape index (κ3) is 5.01. The SMILES string of the molecule is CC1(C)c2ccccc2-c2ccc(N(c3ccc4c(c3)Oc3c(-c5ccccc5)cccc3-c3cc5ccccc5cc3-4)c3ccc4c(c3)C(C)(C)c3ccccc3-4)cc21. The van der Waals surface area contributed by atoms with Crippen LogP contribution in [0.2, 0.25) is 0 Å². The van der Waals surface area contributed by atoms with E-state index in [9.17, 15) is 0 Å². The molecule has 0 unspecified atom stereocenters. The molecule has 3 aliphatic rings. The molecule has 0 fully saturated rings. The van der Waals surface area contributed by atoms with Crippen molar-refractivity contribution in [2.45, 2.75) is 38.5 Å². The molecule has 60 heavy (non-hydrogen) atoms. The van der Waals surface area contributed by atoms with Crippen molar-refractivity contribution >= 4 is 27.8 Å². The highest BCUT2D eigenvalue weighted by Crippen LogP contribution is 2.55. The summed E-state index contributed by atoms with van der Waals surface area (Å²) in [6.07, 6.45) is 0. The van der Waals surface area contributed by atoms with Crippen LogP contribution in [0.1, 0.15) is 49.9 Å². The molecule has 9 aromatic carbocycles. The molecule has 0 saturated heterocycles. The van der Waals surface area contributed by atoms with E-state index in [1.54, 1.807) is 0 Å². The molecule has 1 heterocycles. The maximum atomic E-state index is 7.33. The van der Waals surface area contributed by atoms with Crippen molar-refractivity contribution in [1.29, 1.82) is 0 Å². The van der Waals surface area contributed by atoms with E-state index in [0.29, 0.717) is 0 Å². The van der Waals surface area contributed by atoms with Gasteiger partial charge in [0.1, 0.15) is 11.5 Å². The molecule has 0 N–H and O–H groups in total. The van der Waals surface area contributed by atoms with Gasteiger partial charge in [-0.3, -0.25) is 0 Å². The number of para-hydroxylation sites is 1. The van der Waals surface area contributed by atoms with Gasteiger partial charge in [-0.05, 0) is 121 Å². The first kappa shape index (κ1) is 34.8. The molecule has 2 aliphatic carbocycles. The highest BCUT2D eigenvalue weighted by atomic mass is 16.5. The Morgan fingerprint density at radius 3 is 1.38 bits per heavy atom. The molecule has 0 saturated carbocycles. The summed E-state index contributed by atoms with van der Waals surface area (Å²) >= 11 is 0. The summed E-state index contributed by atoms with van der Waals surface area (Å²) < 4.78 is 7.33. The van der Waals surface area contributed by atoms with Crippen molar-refractivity contribution in [2.24, 2.45) is 0 Å². The second kappa shape index (κ2) is 12.7. The van der Waals surface area contributed by atoms with E-state index in [-0.39, 0.29) is 10.8 Å². The fourth-order valence-corrected chi connectivity index (χ4v) is 10.6. The fourth-order valence-electron chi connectivity index (χ4n) is 10.6. The van der Waals surface area contributed by atoms with Crippen molar-refractivity contribution in [1.82, 2.24) is 0 Å². The largest absolute Gasteiger partial charge is 0.455 e. The average Bonchev–Trinajstić information content (AvgIpc) is 3.58. The van der Waals surface area contributed by atoms with Gasteiger partial charge in [-0.2, -0.15) is 0 Å². The molecular formula is C58H43NO. The van der Waals surface area contributed by atoms with Gasteiger partial charge in [0.25, 0.3) is 0 Å². The summed E-state index contributed by atoms with van der Waals surface area (Å²) in [6, 6.07) is 69.3. The number of nitrogens with zero attached hydrogens (tertiary/aromatic N) is 1. The van der Waals surface area contributed by atoms with E-state index in [1.165, 1.54) is 66.4 Å². The first-order valence-corrected chi connectivity index (χ1v) is 21.1. The minimum absolute atomic E-state index is 0.143. The number of benzene rings is 9. The topological polar surface area (TPSA) is 12.5 Å². The zero-order chi connectivity index (χ0) is 40.3. The van der Waals surface area contributed by atoms with Gasteiger partial charge >= 0.3 is 0 Å². The Morgan fingerprint density at radius 2 is 0.783 bits per heavy atom. The molecular weight excluding hydrogens is 727 g/mol. The maximum Gasteiger partial charge on any atom is 0.143 e. The molecule has 0 atom stereocenters. The number of ether oxygens (including phenoxy) is 1. The van der Waals surface area contributed by atoms with Crippen molar-refractivity contribution in [3.63, 3.8) is 0 Å². The van der Waals surface area contributed by atoms with Gasteiger partial charge < -0.3 is 9.64 Å². The maximum absolute atomic E-state index is 7.33. The van der Waals surface area contributed by atoms with Crippen LogP contribution in [0.4, 0.5) is 17.1 Å². The molecule has 0 amide bonds. The van der Waals surface area contributed by atoms with E-state index in [1.807, 2.05) is 0 Å². The standard InChI is InChI=1S/C58H43NO/c1-57(2)51-23-12-10-19-43(51)45-28-25-39(33-53(45)57)59(40-26-29-46-44-20-11-13-24-52(44)58(3,4)54(46)34-40)41-27-30-47-49-31-37-17-8-9-18-38(37)32-50(49)48-22-14-21-42(36-15-6-5-7-16-36)56(48)60-55(47)35-41/h5-35H,1-4H3. The first-order chi connectivity index (χ1) is 29.3. The molecule has 286 valence electrons. The third-order valence-corrected chi connectivity index (χ3v) is 13.7. The minimum Gasteiger partial charge on any atom is -0.455 e. The molecule has 0 bridgehead atoms. The summed E-state index contributed by atoms with van der Waals surface area (Å²) in [5.41, 5.74) is 20.4. The molecule has 0 aromatic heterocycles. The van der Waals surface area contributed by atoms with Crippen LogP contribution < -0.4 is 9.64 Å². The number of hydrogen-bond acceptors (Lipinski definition) is 2. The highest BCUT2D eigenvalue weighted by molar-refractivity contribution is 6.02. The molecule has 2 heteroatoms. The van der Waals surface area contributed by atoms with Gasteiger partial charge in [-0.15, -0.1) is 0 Å². The summed E-state index contributed by atoms with van der Waals surface area (Å²) in [7, 11) is 0. The average molecular weight is 770 g/mol. The normalized spacial score (nSPS) is 14.4. The molecule has 12 rings (SSSR count). The van der Waals surface area contributed by atoms with Gasteiger partial charge in [0.2, 0.25) is 0 Å². The van der Waals surface area contributed by atoms with Crippen LogP contribution in [0.3, 0.4) is 0 Å². The van der Waals surface area contributed by atoms with Crippen molar-refractivity contribution in [3.8, 4) is 67.1 Å². The number of hydrogen-bond donors (Lipinski definition) is 0. The van der Waals surface area contributed by atoms with Gasteiger partial charge in [0, 0.05) is 50.6 Å². The number of anilines is 3. The van der Waals surface area contributed by atoms with Crippen LogP contribution in [-0.2, 0) is 10.8 Å². The fraction of sp³-hybridized carbons (Fsp3) is 0.103. The summed E-state index contributed by atoms with van der Waals surface area (Å²) in [4.78, 5) is 2.44. The van der Waals surface area contributed by atoms with Gasteiger partial charge in [0.15, 0.2) is 0 Å². The van der Waals surface area contributed by atoms with Gasteiger partial charge in [-0.1, -0.05) is 161 Å². The van der Waals surface area contributed by atoms with Crippen LogP contribution in [-0.4, -0.2) is 0 Å². The summed E-state index contributed by atoms with van der Waals surface area (Å²) in [5, 5.41) is 2.42. The molecule has 9 aromatic rings. The highest BCUT2D eigenvalue weighted by Gasteiger charge is 2.38. The predicted octanol–water partition coefficient (Wildman–Crippen LogP) is 16.0. The molecule has 2 nitrogen and oxygen atoms in total. The lowest BCUT2D eigenvalue weighted by Crippen LogP contribution is -2.18. The van der Waals surface area contributed by atoms with Crippen LogP contribution in [0.5, 0.6) is 11.5 Å². The number of rotatable bonds is 4. The van der Waals surface area contributed by atoms with Crippen LogP contribution in [0.25, 0.3) is 66.4 Å². The monoisotopic (exact) mass is 769 g/mol. The zero-order valence-corrected chi connectivity index (χ0v) is 34.3. The Balaban J connectivity index is 1.09.